The first-order chi connectivity index (χ1) is 15.0. The van der Waals surface area contributed by atoms with Gasteiger partial charge in [-0.25, -0.2) is 13.4 Å². The molecular formula is C23H25N3O4S. The molecule has 1 unspecified atom stereocenters. The molecule has 162 valence electrons. The van der Waals surface area contributed by atoms with E-state index in [0.717, 1.165) is 29.6 Å². The number of aromatic nitrogens is 2. The standard InChI is InChI=1S/C23H25N3O4S/c27-23(26(17-10-11-17)18-12-13-31(28,29)16-18)14-25-21-9-5-4-8-20(21)24-22(25)15-30-19-6-2-1-3-7-19/h1-9,17-18H,10-16H2. The Morgan fingerprint density at radius 3 is 2.48 bits per heavy atom. The molecule has 0 bridgehead atoms. The summed E-state index contributed by atoms with van der Waals surface area (Å²) < 4.78 is 31.8. The summed E-state index contributed by atoms with van der Waals surface area (Å²) in [6.45, 7) is 0.369. The van der Waals surface area contributed by atoms with Crippen LogP contribution >= 0.6 is 0 Å². The zero-order valence-electron chi connectivity index (χ0n) is 17.2. The third-order valence-corrected chi connectivity index (χ3v) is 7.72. The van der Waals surface area contributed by atoms with Crippen LogP contribution in [0.3, 0.4) is 0 Å². The third kappa shape index (κ3) is 4.30. The molecule has 1 atom stereocenters. The molecule has 1 aromatic heterocycles. The molecule has 2 fully saturated rings. The van der Waals surface area contributed by atoms with E-state index in [1.165, 1.54) is 0 Å². The van der Waals surface area contributed by atoms with Crippen molar-refractivity contribution in [2.45, 2.75) is 44.5 Å². The molecule has 1 amide bonds. The Morgan fingerprint density at radius 1 is 1.03 bits per heavy atom. The molecule has 8 heteroatoms. The molecule has 5 rings (SSSR count). The van der Waals surface area contributed by atoms with E-state index in [1.807, 2.05) is 64.1 Å². The van der Waals surface area contributed by atoms with Gasteiger partial charge in [-0.2, -0.15) is 0 Å². The summed E-state index contributed by atoms with van der Waals surface area (Å²) >= 11 is 0. The van der Waals surface area contributed by atoms with Gasteiger partial charge >= 0.3 is 0 Å². The number of nitrogens with zero attached hydrogens (tertiary/aromatic N) is 3. The van der Waals surface area contributed by atoms with Gasteiger partial charge < -0.3 is 14.2 Å². The van der Waals surface area contributed by atoms with E-state index in [0.29, 0.717) is 12.2 Å². The minimum atomic E-state index is -3.06. The lowest BCUT2D eigenvalue weighted by atomic mass is 10.2. The second-order valence-electron chi connectivity index (χ2n) is 8.29. The van der Waals surface area contributed by atoms with Gasteiger partial charge in [-0.3, -0.25) is 4.79 Å². The number of hydrogen-bond acceptors (Lipinski definition) is 5. The number of benzene rings is 2. The lowest BCUT2D eigenvalue weighted by Crippen LogP contribution is -2.44. The summed E-state index contributed by atoms with van der Waals surface area (Å²) in [7, 11) is -3.06. The molecule has 2 heterocycles. The van der Waals surface area contributed by atoms with Gasteiger partial charge in [0.25, 0.3) is 0 Å². The van der Waals surface area contributed by atoms with Crippen molar-refractivity contribution in [3.8, 4) is 5.75 Å². The van der Waals surface area contributed by atoms with E-state index in [2.05, 4.69) is 0 Å². The van der Waals surface area contributed by atoms with Gasteiger partial charge in [0.1, 0.15) is 24.7 Å². The number of para-hydroxylation sites is 3. The molecule has 1 saturated carbocycles. The molecular weight excluding hydrogens is 414 g/mol. The minimum Gasteiger partial charge on any atom is -0.486 e. The molecule has 2 aromatic carbocycles. The van der Waals surface area contributed by atoms with Gasteiger partial charge in [0.05, 0.1) is 22.5 Å². The number of rotatable bonds is 7. The normalized spacial score (nSPS) is 20.1. The molecule has 1 aliphatic heterocycles. The fourth-order valence-corrected chi connectivity index (χ4v) is 6.06. The Hall–Kier alpha value is -2.87. The molecule has 1 saturated heterocycles. The quantitative estimate of drug-likeness (QED) is 0.565. The highest BCUT2D eigenvalue weighted by atomic mass is 32.2. The molecule has 31 heavy (non-hydrogen) atoms. The van der Waals surface area contributed by atoms with Crippen molar-refractivity contribution >= 4 is 26.8 Å². The fourth-order valence-electron chi connectivity index (χ4n) is 4.35. The van der Waals surface area contributed by atoms with Crippen LogP contribution in [0.15, 0.2) is 54.6 Å². The summed E-state index contributed by atoms with van der Waals surface area (Å²) in [5.74, 6) is 1.60. The zero-order valence-corrected chi connectivity index (χ0v) is 18.0. The van der Waals surface area contributed by atoms with Crippen molar-refractivity contribution in [2.24, 2.45) is 0 Å². The van der Waals surface area contributed by atoms with Crippen molar-refractivity contribution in [2.75, 3.05) is 11.5 Å². The monoisotopic (exact) mass is 439 g/mol. The lowest BCUT2D eigenvalue weighted by molar-refractivity contribution is -0.134. The van der Waals surface area contributed by atoms with Gasteiger partial charge in [0.15, 0.2) is 9.84 Å². The zero-order chi connectivity index (χ0) is 21.4. The summed E-state index contributed by atoms with van der Waals surface area (Å²) in [4.78, 5) is 19.9. The topological polar surface area (TPSA) is 81.5 Å². The average molecular weight is 440 g/mol. The average Bonchev–Trinajstić information content (AvgIpc) is 3.44. The third-order valence-electron chi connectivity index (χ3n) is 5.97. The smallest absolute Gasteiger partial charge is 0.243 e. The number of carbonyl (C=O) groups is 1. The van der Waals surface area contributed by atoms with E-state index in [-0.39, 0.29) is 42.6 Å². The Morgan fingerprint density at radius 2 is 1.77 bits per heavy atom. The van der Waals surface area contributed by atoms with Crippen molar-refractivity contribution in [1.82, 2.24) is 14.5 Å². The van der Waals surface area contributed by atoms with Gasteiger partial charge in [-0.15, -0.1) is 0 Å². The number of sulfone groups is 1. The SMILES string of the molecule is O=C(Cn1c(COc2ccccc2)nc2ccccc21)N(C1CC1)C1CCS(=O)(=O)C1. The largest absolute Gasteiger partial charge is 0.486 e. The van der Waals surface area contributed by atoms with E-state index < -0.39 is 9.84 Å². The molecule has 1 aliphatic carbocycles. The highest BCUT2D eigenvalue weighted by molar-refractivity contribution is 7.91. The number of amides is 1. The van der Waals surface area contributed by atoms with Crippen LogP contribution in [0.2, 0.25) is 0 Å². The van der Waals surface area contributed by atoms with E-state index in [4.69, 9.17) is 9.72 Å². The van der Waals surface area contributed by atoms with Crippen molar-refractivity contribution in [1.29, 1.82) is 0 Å². The summed E-state index contributed by atoms with van der Waals surface area (Å²) in [5.41, 5.74) is 1.68. The Labute approximate surface area is 181 Å². The van der Waals surface area contributed by atoms with Crippen LogP contribution in [0.4, 0.5) is 0 Å². The number of carbonyl (C=O) groups excluding carboxylic acids is 1. The number of ether oxygens (including phenoxy) is 1. The van der Waals surface area contributed by atoms with Crippen LogP contribution in [0.5, 0.6) is 5.75 Å². The first-order valence-electron chi connectivity index (χ1n) is 10.6. The van der Waals surface area contributed by atoms with E-state index >= 15 is 0 Å². The fraction of sp³-hybridized carbons (Fsp3) is 0.391. The second kappa shape index (κ2) is 8.00. The molecule has 3 aromatic rings. The van der Waals surface area contributed by atoms with Gasteiger partial charge in [0, 0.05) is 12.1 Å². The van der Waals surface area contributed by atoms with Crippen LogP contribution in [-0.4, -0.2) is 52.4 Å². The van der Waals surface area contributed by atoms with E-state index in [9.17, 15) is 13.2 Å². The van der Waals surface area contributed by atoms with E-state index in [1.54, 1.807) is 0 Å². The van der Waals surface area contributed by atoms with Crippen LogP contribution < -0.4 is 4.74 Å². The highest BCUT2D eigenvalue weighted by Gasteiger charge is 2.42. The van der Waals surface area contributed by atoms with Crippen LogP contribution in [0, 0.1) is 0 Å². The molecule has 0 N–H and O–H groups in total. The van der Waals surface area contributed by atoms with Crippen molar-refractivity contribution < 1.29 is 17.9 Å². The van der Waals surface area contributed by atoms with Crippen molar-refractivity contribution in [3.63, 3.8) is 0 Å². The molecule has 7 nitrogen and oxygen atoms in total. The van der Waals surface area contributed by atoms with Crippen LogP contribution in [0.1, 0.15) is 25.1 Å². The minimum absolute atomic E-state index is 0.0475. The van der Waals surface area contributed by atoms with Crippen LogP contribution in [0.25, 0.3) is 11.0 Å². The Balaban J connectivity index is 1.41. The maximum Gasteiger partial charge on any atom is 0.243 e. The number of imidazole rings is 1. The summed E-state index contributed by atoms with van der Waals surface area (Å²) in [6, 6.07) is 17.2. The maximum absolute atomic E-state index is 13.4. The predicted molar refractivity (Wildman–Crippen MR) is 117 cm³/mol. The number of hydrogen-bond donors (Lipinski definition) is 0. The highest BCUT2D eigenvalue weighted by Crippen LogP contribution is 2.33. The second-order valence-corrected chi connectivity index (χ2v) is 10.5. The Kier molecular flexibility index (Phi) is 5.17. The molecule has 0 spiro atoms. The van der Waals surface area contributed by atoms with Crippen LogP contribution in [-0.2, 0) is 27.8 Å². The molecule has 2 aliphatic rings. The Bertz CT molecular complexity index is 1200. The van der Waals surface area contributed by atoms with Gasteiger partial charge in [-0.1, -0.05) is 30.3 Å². The molecule has 0 radical (unpaired) electrons. The maximum atomic E-state index is 13.4. The summed E-state index contributed by atoms with van der Waals surface area (Å²) in [5, 5.41) is 0. The number of fused-ring (bicyclic) bond motifs is 1. The lowest BCUT2D eigenvalue weighted by Gasteiger charge is -2.29. The first kappa shape index (κ1) is 20.1. The predicted octanol–water partition coefficient (Wildman–Crippen LogP) is 2.79. The van der Waals surface area contributed by atoms with Gasteiger partial charge in [-0.05, 0) is 43.5 Å². The van der Waals surface area contributed by atoms with Crippen molar-refractivity contribution in [3.05, 3.63) is 60.4 Å². The van der Waals surface area contributed by atoms with Gasteiger partial charge in [0.2, 0.25) is 5.91 Å². The first-order valence-corrected chi connectivity index (χ1v) is 12.5. The summed E-state index contributed by atoms with van der Waals surface area (Å²) in [6.07, 6.45) is 2.41.